The number of hydrogen-bond donors (Lipinski definition) is 1. The van der Waals surface area contributed by atoms with Crippen molar-refractivity contribution in [2.24, 2.45) is 5.92 Å². The van der Waals surface area contributed by atoms with E-state index in [2.05, 4.69) is 11.2 Å². The van der Waals surface area contributed by atoms with E-state index in [0.717, 1.165) is 12.1 Å². The molecule has 1 amide bonds. The zero-order valence-corrected chi connectivity index (χ0v) is 12.5. The monoisotopic (exact) mass is 306 g/mol. The van der Waals surface area contributed by atoms with Gasteiger partial charge in [0.15, 0.2) is 17.4 Å². The highest BCUT2D eigenvalue weighted by Gasteiger charge is 2.31. The molecule has 1 aromatic carbocycles. The van der Waals surface area contributed by atoms with Crippen LogP contribution in [-0.2, 0) is 0 Å². The van der Waals surface area contributed by atoms with Gasteiger partial charge in [0.25, 0.3) is 5.91 Å². The summed E-state index contributed by atoms with van der Waals surface area (Å²) < 4.78 is 32.3. The summed E-state index contributed by atoms with van der Waals surface area (Å²) >= 11 is 0. The number of nitriles is 1. The van der Waals surface area contributed by atoms with Crippen molar-refractivity contribution in [2.75, 3.05) is 6.61 Å². The minimum atomic E-state index is -1.15. The zero-order valence-electron chi connectivity index (χ0n) is 12.5. The quantitative estimate of drug-likeness (QED) is 0.851. The molecule has 0 saturated heterocycles. The number of hydrogen-bond acceptors (Lipinski definition) is 3. The van der Waals surface area contributed by atoms with Crippen molar-refractivity contribution in [1.29, 1.82) is 5.26 Å². The minimum absolute atomic E-state index is 0.186. The average Bonchev–Trinajstić information content (AvgIpc) is 2.45. The normalized spacial score (nSPS) is 12.9. The van der Waals surface area contributed by atoms with Gasteiger partial charge in [-0.3, -0.25) is 4.79 Å². The maximum atomic E-state index is 13.8. The van der Waals surface area contributed by atoms with Crippen molar-refractivity contribution >= 4 is 5.91 Å². The molecule has 0 fully saturated rings. The Morgan fingerprint density at radius 1 is 1.45 bits per heavy atom. The summed E-state index contributed by atoms with van der Waals surface area (Å²) in [6.45, 7) is 4.74. The van der Waals surface area contributed by atoms with Gasteiger partial charge >= 0.3 is 0 Å². The number of amides is 1. The van der Waals surface area contributed by atoms with Gasteiger partial charge in [0.1, 0.15) is 12.1 Å². The van der Waals surface area contributed by atoms with E-state index >= 15 is 0 Å². The standard InChI is InChI=1S/C16H16F2N2O2/c1-5-6-22-14-12(17)7-11(8-13(14)18)15(21)20-16(4,9-19)10(2)3/h1,7-8,10H,6H2,2-4H3,(H,20,21). The topological polar surface area (TPSA) is 62.1 Å². The number of carbonyl (C=O) groups excluding carboxylic acids is 1. The predicted molar refractivity (Wildman–Crippen MR) is 77.0 cm³/mol. The van der Waals surface area contributed by atoms with Crippen molar-refractivity contribution in [2.45, 2.75) is 26.3 Å². The molecule has 1 N–H and O–H groups in total. The van der Waals surface area contributed by atoms with E-state index < -0.39 is 28.8 Å². The molecule has 1 rings (SSSR count). The first-order valence-electron chi connectivity index (χ1n) is 6.54. The third kappa shape index (κ3) is 3.73. The summed E-state index contributed by atoms with van der Waals surface area (Å²) in [5.41, 5.74) is -1.40. The second kappa shape index (κ2) is 6.91. The fraction of sp³-hybridized carbons (Fsp3) is 0.375. The van der Waals surface area contributed by atoms with Gasteiger partial charge in [-0.2, -0.15) is 5.26 Å². The van der Waals surface area contributed by atoms with Crippen LogP contribution in [0, 0.1) is 41.2 Å². The summed E-state index contributed by atoms with van der Waals surface area (Å²) in [4.78, 5) is 12.1. The van der Waals surface area contributed by atoms with Crippen LogP contribution in [0.1, 0.15) is 31.1 Å². The van der Waals surface area contributed by atoms with Gasteiger partial charge in [-0.05, 0) is 25.0 Å². The lowest BCUT2D eigenvalue weighted by molar-refractivity contribution is 0.0906. The number of halogens is 2. The van der Waals surface area contributed by atoms with Crippen LogP contribution < -0.4 is 10.1 Å². The third-order valence-corrected chi connectivity index (χ3v) is 3.32. The molecule has 0 bridgehead atoms. The Morgan fingerprint density at radius 3 is 2.41 bits per heavy atom. The van der Waals surface area contributed by atoms with Crippen molar-refractivity contribution in [3.63, 3.8) is 0 Å². The fourth-order valence-electron chi connectivity index (χ4n) is 1.55. The molecular weight excluding hydrogens is 290 g/mol. The number of ether oxygens (including phenoxy) is 1. The average molecular weight is 306 g/mol. The Kier molecular flexibility index (Phi) is 5.48. The maximum Gasteiger partial charge on any atom is 0.252 e. The molecular formula is C16H16F2N2O2. The van der Waals surface area contributed by atoms with Crippen LogP contribution in [0.15, 0.2) is 12.1 Å². The van der Waals surface area contributed by atoms with Crippen molar-refractivity contribution in [3.05, 3.63) is 29.3 Å². The zero-order chi connectivity index (χ0) is 16.9. The van der Waals surface area contributed by atoms with Gasteiger partial charge in [0.2, 0.25) is 0 Å². The van der Waals surface area contributed by atoms with Crippen LogP contribution in [0.2, 0.25) is 0 Å². The fourth-order valence-corrected chi connectivity index (χ4v) is 1.55. The summed E-state index contributed by atoms with van der Waals surface area (Å²) in [6.07, 6.45) is 4.95. The van der Waals surface area contributed by atoms with E-state index in [9.17, 15) is 13.6 Å². The smallest absolute Gasteiger partial charge is 0.252 e. The molecule has 1 unspecified atom stereocenters. The van der Waals surface area contributed by atoms with Gasteiger partial charge in [-0.15, -0.1) is 6.42 Å². The predicted octanol–water partition coefficient (Wildman–Crippen LogP) is 2.64. The van der Waals surface area contributed by atoms with E-state index in [0.29, 0.717) is 0 Å². The molecule has 0 radical (unpaired) electrons. The highest BCUT2D eigenvalue weighted by molar-refractivity contribution is 5.95. The lowest BCUT2D eigenvalue weighted by Crippen LogP contribution is -2.48. The molecule has 0 aromatic heterocycles. The molecule has 1 aromatic rings. The van der Waals surface area contributed by atoms with Crippen LogP contribution in [-0.4, -0.2) is 18.1 Å². The van der Waals surface area contributed by atoms with Crippen molar-refractivity contribution in [3.8, 4) is 24.2 Å². The summed E-state index contributed by atoms with van der Waals surface area (Å²) in [5.74, 6) is -1.56. The van der Waals surface area contributed by atoms with Crippen molar-refractivity contribution < 1.29 is 18.3 Å². The van der Waals surface area contributed by atoms with Gasteiger partial charge in [0, 0.05) is 5.56 Å². The van der Waals surface area contributed by atoms with Gasteiger partial charge < -0.3 is 10.1 Å². The molecule has 0 spiro atoms. The number of nitrogens with one attached hydrogen (secondary N) is 1. The lowest BCUT2D eigenvalue weighted by atomic mass is 9.89. The Hall–Kier alpha value is -2.60. The first-order valence-corrected chi connectivity index (χ1v) is 6.54. The van der Waals surface area contributed by atoms with Crippen LogP contribution in [0.3, 0.4) is 0 Å². The van der Waals surface area contributed by atoms with E-state index in [1.165, 1.54) is 6.92 Å². The Labute approximate surface area is 128 Å². The largest absolute Gasteiger partial charge is 0.475 e. The first-order chi connectivity index (χ1) is 10.2. The lowest BCUT2D eigenvalue weighted by Gasteiger charge is -2.27. The molecule has 116 valence electrons. The van der Waals surface area contributed by atoms with Crippen LogP contribution in [0.4, 0.5) is 8.78 Å². The van der Waals surface area contributed by atoms with Gasteiger partial charge in [0.05, 0.1) is 6.07 Å². The van der Waals surface area contributed by atoms with Crippen LogP contribution in [0.5, 0.6) is 5.75 Å². The highest BCUT2D eigenvalue weighted by Crippen LogP contribution is 2.24. The third-order valence-electron chi connectivity index (χ3n) is 3.32. The van der Waals surface area contributed by atoms with Gasteiger partial charge in [-0.25, -0.2) is 8.78 Å². The van der Waals surface area contributed by atoms with Crippen LogP contribution in [0.25, 0.3) is 0 Å². The number of benzene rings is 1. The van der Waals surface area contributed by atoms with Crippen molar-refractivity contribution in [1.82, 2.24) is 5.32 Å². The maximum absolute atomic E-state index is 13.8. The number of nitrogens with zero attached hydrogens (tertiary/aromatic N) is 1. The van der Waals surface area contributed by atoms with Crippen LogP contribution >= 0.6 is 0 Å². The SMILES string of the molecule is C#CCOc1c(F)cc(C(=O)NC(C)(C#N)C(C)C)cc1F. The summed E-state index contributed by atoms with van der Waals surface area (Å²) in [6, 6.07) is 3.65. The molecule has 0 aliphatic carbocycles. The first kappa shape index (κ1) is 17.5. The van der Waals surface area contributed by atoms with E-state index in [4.69, 9.17) is 16.4 Å². The molecule has 0 heterocycles. The second-order valence-corrected chi connectivity index (χ2v) is 5.18. The molecule has 0 saturated carbocycles. The Morgan fingerprint density at radius 2 is 2.00 bits per heavy atom. The molecule has 4 nitrogen and oxygen atoms in total. The number of rotatable bonds is 5. The van der Waals surface area contributed by atoms with E-state index in [1.807, 2.05) is 6.07 Å². The molecule has 6 heteroatoms. The highest BCUT2D eigenvalue weighted by atomic mass is 19.1. The molecule has 22 heavy (non-hydrogen) atoms. The van der Waals surface area contributed by atoms with E-state index in [-0.39, 0.29) is 18.1 Å². The van der Waals surface area contributed by atoms with E-state index in [1.54, 1.807) is 13.8 Å². The summed E-state index contributed by atoms with van der Waals surface area (Å²) in [5, 5.41) is 11.6. The van der Waals surface area contributed by atoms with Gasteiger partial charge in [-0.1, -0.05) is 19.8 Å². The molecule has 0 aliphatic heterocycles. The summed E-state index contributed by atoms with van der Waals surface area (Å²) in [7, 11) is 0. The molecule has 1 atom stereocenters. The number of carbonyl (C=O) groups is 1. The Bertz CT molecular complexity index is 636. The molecule has 0 aliphatic rings. The second-order valence-electron chi connectivity index (χ2n) is 5.18. The minimum Gasteiger partial charge on any atom is -0.475 e. The number of terminal acetylenes is 1. The Balaban J connectivity index is 3.07.